The predicted molar refractivity (Wildman–Crippen MR) is 107 cm³/mol. The summed E-state index contributed by atoms with van der Waals surface area (Å²) in [5.41, 5.74) is 0.213. The Kier molecular flexibility index (Phi) is 4.29. The number of ketones is 1. The second-order valence-corrected chi connectivity index (χ2v) is 10.3. The zero-order valence-corrected chi connectivity index (χ0v) is 17.3. The van der Waals surface area contributed by atoms with Crippen LogP contribution < -0.4 is 0 Å². The lowest BCUT2D eigenvalue weighted by atomic mass is 9.46. The number of carbonyl (C=O) groups excluding carboxylic acids is 1. The van der Waals surface area contributed by atoms with E-state index in [2.05, 4.69) is 18.6 Å². The summed E-state index contributed by atoms with van der Waals surface area (Å²) < 4.78 is 4.65. The fraction of sp³-hybridized carbons (Fsp3) is 0.750. The van der Waals surface area contributed by atoms with Gasteiger partial charge < -0.3 is 14.9 Å². The molecule has 0 aromatic rings. The van der Waals surface area contributed by atoms with E-state index in [9.17, 15) is 14.7 Å². The lowest BCUT2D eigenvalue weighted by Crippen LogP contribution is -2.57. The van der Waals surface area contributed by atoms with Gasteiger partial charge in [-0.25, -0.2) is 4.79 Å². The number of hydrogen-bond donors (Lipinski definition) is 2. The van der Waals surface area contributed by atoms with Crippen LogP contribution in [-0.4, -0.2) is 27.8 Å². The van der Waals surface area contributed by atoms with E-state index in [0.29, 0.717) is 47.7 Å². The number of rotatable bonds is 3. The van der Waals surface area contributed by atoms with Gasteiger partial charge >= 0.3 is 6.16 Å². The minimum Gasteiger partial charge on any atom is -0.449 e. The van der Waals surface area contributed by atoms with Crippen LogP contribution in [0.2, 0.25) is 0 Å². The molecule has 5 rings (SSSR count). The van der Waals surface area contributed by atoms with E-state index in [1.54, 1.807) is 6.08 Å². The summed E-state index contributed by atoms with van der Waals surface area (Å²) in [5, 5.41) is 20.7. The van der Waals surface area contributed by atoms with Crippen molar-refractivity contribution in [2.45, 2.75) is 64.4 Å². The van der Waals surface area contributed by atoms with E-state index in [4.69, 9.17) is 5.11 Å². The molecule has 0 spiro atoms. The predicted octanol–water partition coefficient (Wildman–Crippen LogP) is 4.56. The summed E-state index contributed by atoms with van der Waals surface area (Å²) in [6.45, 7) is 4.53. The van der Waals surface area contributed by atoms with Crippen molar-refractivity contribution in [2.24, 2.45) is 46.8 Å². The second-order valence-electron chi connectivity index (χ2n) is 10.3. The molecule has 0 radical (unpaired) electrons. The Bertz CT molecular complexity index is 799. The van der Waals surface area contributed by atoms with Crippen molar-refractivity contribution in [2.75, 3.05) is 0 Å². The van der Waals surface area contributed by atoms with E-state index in [0.717, 1.165) is 38.5 Å². The lowest BCUT2D eigenvalue weighted by Gasteiger charge is -2.59. The molecule has 5 heteroatoms. The molecule has 0 unspecified atom stereocenters. The number of hydrogen-bond acceptors (Lipinski definition) is 4. The van der Waals surface area contributed by atoms with Crippen molar-refractivity contribution in [3.05, 3.63) is 24.0 Å². The lowest BCUT2D eigenvalue weighted by molar-refractivity contribution is -0.137. The zero-order chi connectivity index (χ0) is 20.6. The smallest absolute Gasteiger partial charge is 0.449 e. The Hall–Kier alpha value is -1.62. The van der Waals surface area contributed by atoms with Gasteiger partial charge in [0.15, 0.2) is 5.78 Å². The fourth-order valence-electron chi connectivity index (χ4n) is 8.57. The molecular formula is C24H32O5. The number of carboxylic acid groups (broad SMARTS) is 1. The molecule has 0 bridgehead atoms. The highest BCUT2D eigenvalue weighted by molar-refractivity contribution is 5.91. The monoisotopic (exact) mass is 400 g/mol. The van der Waals surface area contributed by atoms with Crippen molar-refractivity contribution in [3.8, 4) is 0 Å². The van der Waals surface area contributed by atoms with Gasteiger partial charge in [-0.2, -0.15) is 0 Å². The molecule has 0 aliphatic heterocycles. The van der Waals surface area contributed by atoms with Gasteiger partial charge in [-0.3, -0.25) is 4.79 Å². The standard InChI is InChI=1S/C24H32O5/c1-3-23-7-6-17-16-5-4-15(25)11-14(16)10-13(2)20(17)21(23)18-12-19(18)24(23,28)8-9-29-22(26)27/h8-9,11,13,16-21,28H,3-7,10,12H2,1-2H3,(H,26,27)/b9-8-/t13-,16+,17-,18+,19-,20-,21+,23+,24+/m1/s1. The van der Waals surface area contributed by atoms with Gasteiger partial charge in [0, 0.05) is 11.8 Å². The van der Waals surface area contributed by atoms with Crippen LogP contribution in [0.4, 0.5) is 4.79 Å². The minimum atomic E-state index is -1.34. The van der Waals surface area contributed by atoms with Gasteiger partial charge in [-0.05, 0) is 92.1 Å². The van der Waals surface area contributed by atoms with E-state index in [1.807, 2.05) is 6.08 Å². The second kappa shape index (κ2) is 6.44. The average Bonchev–Trinajstić information content (AvgIpc) is 3.43. The van der Waals surface area contributed by atoms with Crippen molar-refractivity contribution in [3.63, 3.8) is 0 Å². The molecule has 4 saturated carbocycles. The van der Waals surface area contributed by atoms with Crippen LogP contribution in [0.1, 0.15) is 58.8 Å². The van der Waals surface area contributed by atoms with Crippen molar-refractivity contribution < 1.29 is 24.5 Å². The highest BCUT2D eigenvalue weighted by Crippen LogP contribution is 2.77. The largest absolute Gasteiger partial charge is 0.510 e. The molecule has 29 heavy (non-hydrogen) atoms. The molecule has 0 saturated heterocycles. The van der Waals surface area contributed by atoms with Gasteiger partial charge in [0.1, 0.15) is 0 Å². The maximum Gasteiger partial charge on any atom is 0.510 e. The summed E-state index contributed by atoms with van der Waals surface area (Å²) >= 11 is 0. The number of ether oxygens (including phenoxy) is 1. The van der Waals surface area contributed by atoms with Gasteiger partial charge in [0.25, 0.3) is 0 Å². The van der Waals surface area contributed by atoms with Crippen LogP contribution in [0.25, 0.3) is 0 Å². The number of aliphatic hydroxyl groups is 1. The Labute approximate surface area is 172 Å². The maximum atomic E-state index is 12.0. The molecule has 0 aromatic heterocycles. The Morgan fingerprint density at radius 2 is 2.14 bits per heavy atom. The number of carbonyl (C=O) groups is 2. The quantitative estimate of drug-likeness (QED) is 0.536. The molecule has 5 nitrogen and oxygen atoms in total. The zero-order valence-electron chi connectivity index (χ0n) is 17.3. The third kappa shape index (κ3) is 2.55. The molecule has 2 N–H and O–H groups in total. The van der Waals surface area contributed by atoms with Crippen LogP contribution in [0.5, 0.6) is 0 Å². The number of fused-ring (bicyclic) bond motifs is 7. The van der Waals surface area contributed by atoms with E-state index < -0.39 is 11.8 Å². The summed E-state index contributed by atoms with van der Waals surface area (Å²) in [6.07, 6.45) is 10.1. The third-order valence-corrected chi connectivity index (χ3v) is 9.51. The molecule has 0 amide bonds. The van der Waals surface area contributed by atoms with Crippen molar-refractivity contribution in [1.29, 1.82) is 0 Å². The van der Waals surface area contributed by atoms with E-state index in [-0.39, 0.29) is 11.3 Å². The van der Waals surface area contributed by atoms with Crippen LogP contribution in [0.3, 0.4) is 0 Å². The topological polar surface area (TPSA) is 83.8 Å². The Morgan fingerprint density at radius 3 is 2.86 bits per heavy atom. The third-order valence-electron chi connectivity index (χ3n) is 9.51. The Balaban J connectivity index is 1.51. The molecule has 5 aliphatic rings. The van der Waals surface area contributed by atoms with Gasteiger partial charge in [0.2, 0.25) is 0 Å². The van der Waals surface area contributed by atoms with Crippen LogP contribution in [0.15, 0.2) is 24.0 Å². The first-order chi connectivity index (χ1) is 13.8. The van der Waals surface area contributed by atoms with Crippen LogP contribution in [-0.2, 0) is 9.53 Å². The van der Waals surface area contributed by atoms with Crippen molar-refractivity contribution in [1.82, 2.24) is 0 Å². The maximum absolute atomic E-state index is 12.0. The summed E-state index contributed by atoms with van der Waals surface area (Å²) in [5.74, 6) is 3.78. The Morgan fingerprint density at radius 1 is 1.34 bits per heavy atom. The summed E-state index contributed by atoms with van der Waals surface area (Å²) in [4.78, 5) is 22.8. The first kappa shape index (κ1) is 19.3. The fourth-order valence-corrected chi connectivity index (χ4v) is 8.57. The molecular weight excluding hydrogens is 368 g/mol. The first-order valence-corrected chi connectivity index (χ1v) is 11.4. The molecule has 9 atom stereocenters. The minimum absolute atomic E-state index is 0.194. The number of allylic oxidation sites excluding steroid dienone is 1. The molecule has 158 valence electrons. The van der Waals surface area contributed by atoms with Crippen LogP contribution >= 0.6 is 0 Å². The normalized spacial score (nSPS) is 50.2. The van der Waals surface area contributed by atoms with Gasteiger partial charge in [0.05, 0.1) is 11.9 Å². The summed E-state index contributed by atoms with van der Waals surface area (Å²) in [6, 6.07) is 0. The van der Waals surface area contributed by atoms with E-state index >= 15 is 0 Å². The van der Waals surface area contributed by atoms with Crippen LogP contribution in [0, 0.1) is 46.8 Å². The molecule has 0 heterocycles. The van der Waals surface area contributed by atoms with Gasteiger partial charge in [-0.15, -0.1) is 0 Å². The highest BCUT2D eigenvalue weighted by atomic mass is 16.7. The molecule has 0 aromatic carbocycles. The SMILES string of the molecule is CC[C@]12CC[C@H]3[C@H]([C@@H]1[C@H]1C[C@H]1[C@@]2(O)/C=C\OC(=O)O)[C@H](C)CC1=CC(=O)CC[C@@H]13. The molecule has 4 fully saturated rings. The van der Waals surface area contributed by atoms with Gasteiger partial charge in [-0.1, -0.05) is 19.4 Å². The summed E-state index contributed by atoms with van der Waals surface area (Å²) in [7, 11) is 0. The van der Waals surface area contributed by atoms with E-state index in [1.165, 1.54) is 11.8 Å². The average molecular weight is 401 g/mol. The highest BCUT2D eigenvalue weighted by Gasteiger charge is 2.76. The first-order valence-electron chi connectivity index (χ1n) is 11.4. The van der Waals surface area contributed by atoms with Crippen molar-refractivity contribution >= 4 is 11.9 Å². The molecule has 5 aliphatic carbocycles.